The van der Waals surface area contributed by atoms with Crippen molar-refractivity contribution in [2.75, 3.05) is 14.2 Å². The zero-order valence-electron chi connectivity index (χ0n) is 14.8. The van der Waals surface area contributed by atoms with Crippen LogP contribution in [0.2, 0.25) is 0 Å². The predicted octanol–water partition coefficient (Wildman–Crippen LogP) is 4.25. The number of ether oxygens (including phenoxy) is 2. The van der Waals surface area contributed by atoms with Gasteiger partial charge in [0.25, 0.3) is 0 Å². The molecule has 1 spiro atoms. The van der Waals surface area contributed by atoms with Gasteiger partial charge in [-0.1, -0.05) is 19.9 Å². The van der Waals surface area contributed by atoms with Crippen LogP contribution in [0.25, 0.3) is 0 Å². The SMILES string of the molecule is CC.COc1ccc2c(c1)CC1(C2)Cc2cc(OC)ccc2C1=O. The van der Waals surface area contributed by atoms with Crippen molar-refractivity contribution in [3.05, 3.63) is 58.7 Å². The molecule has 0 saturated heterocycles. The Labute approximate surface area is 143 Å². The Balaban J connectivity index is 0.000000815. The summed E-state index contributed by atoms with van der Waals surface area (Å²) >= 11 is 0. The molecule has 1 atom stereocenters. The number of benzene rings is 2. The lowest BCUT2D eigenvalue weighted by Gasteiger charge is -2.20. The maximum Gasteiger partial charge on any atom is 0.170 e. The van der Waals surface area contributed by atoms with Crippen LogP contribution in [0.5, 0.6) is 11.5 Å². The summed E-state index contributed by atoms with van der Waals surface area (Å²) in [6.45, 7) is 4.00. The van der Waals surface area contributed by atoms with Crippen LogP contribution in [-0.4, -0.2) is 20.0 Å². The zero-order chi connectivity index (χ0) is 17.3. The molecule has 3 nitrogen and oxygen atoms in total. The highest BCUT2D eigenvalue weighted by atomic mass is 16.5. The van der Waals surface area contributed by atoms with Crippen molar-refractivity contribution in [2.45, 2.75) is 33.1 Å². The van der Waals surface area contributed by atoms with E-state index in [1.807, 2.05) is 38.1 Å². The van der Waals surface area contributed by atoms with Gasteiger partial charge in [-0.2, -0.15) is 0 Å². The molecule has 4 rings (SSSR count). The second-order valence-electron chi connectivity index (χ2n) is 6.30. The first-order valence-corrected chi connectivity index (χ1v) is 8.53. The Hall–Kier alpha value is -2.29. The average molecular weight is 324 g/mol. The van der Waals surface area contributed by atoms with Gasteiger partial charge in [-0.3, -0.25) is 4.79 Å². The minimum Gasteiger partial charge on any atom is -0.497 e. The fraction of sp³-hybridized carbons (Fsp3) is 0.381. The molecule has 2 aromatic rings. The summed E-state index contributed by atoms with van der Waals surface area (Å²) in [7, 11) is 3.33. The van der Waals surface area contributed by atoms with E-state index in [9.17, 15) is 4.79 Å². The van der Waals surface area contributed by atoms with Crippen LogP contribution < -0.4 is 9.47 Å². The van der Waals surface area contributed by atoms with E-state index in [1.165, 1.54) is 11.1 Å². The van der Waals surface area contributed by atoms with Gasteiger partial charge in [-0.15, -0.1) is 0 Å². The third kappa shape index (κ3) is 2.48. The molecular formula is C21H24O3. The van der Waals surface area contributed by atoms with Gasteiger partial charge < -0.3 is 9.47 Å². The van der Waals surface area contributed by atoms with Crippen LogP contribution in [0.1, 0.15) is 40.9 Å². The lowest BCUT2D eigenvalue weighted by molar-refractivity contribution is 0.0831. The lowest BCUT2D eigenvalue weighted by Crippen LogP contribution is -2.28. The fourth-order valence-electron chi connectivity index (χ4n) is 3.94. The van der Waals surface area contributed by atoms with Gasteiger partial charge in [-0.05, 0) is 66.3 Å². The quantitative estimate of drug-likeness (QED) is 0.828. The molecule has 0 aliphatic heterocycles. The summed E-state index contributed by atoms with van der Waals surface area (Å²) in [5, 5.41) is 0. The van der Waals surface area contributed by atoms with E-state index in [4.69, 9.17) is 9.47 Å². The summed E-state index contributed by atoms with van der Waals surface area (Å²) in [5.74, 6) is 1.96. The number of hydrogen-bond acceptors (Lipinski definition) is 3. The van der Waals surface area contributed by atoms with Gasteiger partial charge in [0.2, 0.25) is 0 Å². The normalized spacial score (nSPS) is 20.2. The van der Waals surface area contributed by atoms with Gasteiger partial charge in [-0.25, -0.2) is 0 Å². The number of carbonyl (C=O) groups excluding carboxylic acids is 1. The molecule has 1 unspecified atom stereocenters. The number of rotatable bonds is 2. The predicted molar refractivity (Wildman–Crippen MR) is 95.2 cm³/mol. The summed E-state index contributed by atoms with van der Waals surface area (Å²) in [6, 6.07) is 11.9. The minimum absolute atomic E-state index is 0.278. The van der Waals surface area contributed by atoms with Crippen LogP contribution in [0, 0.1) is 5.41 Å². The first kappa shape index (κ1) is 16.6. The van der Waals surface area contributed by atoms with E-state index in [-0.39, 0.29) is 11.2 Å². The standard InChI is InChI=1S/C19H18O3.C2H6/c1-21-15-4-3-12-9-19(10-13(12)7-15)11-14-8-16(22-2)5-6-17(14)18(19)20;1-2/h3-8H,9-11H2,1-2H3;1-2H3. The fourth-order valence-corrected chi connectivity index (χ4v) is 3.94. The molecule has 0 bridgehead atoms. The molecule has 2 aliphatic rings. The van der Waals surface area contributed by atoms with E-state index in [1.54, 1.807) is 14.2 Å². The van der Waals surface area contributed by atoms with E-state index < -0.39 is 0 Å². The highest BCUT2D eigenvalue weighted by Crippen LogP contribution is 2.48. The Morgan fingerprint density at radius 2 is 1.33 bits per heavy atom. The molecule has 0 radical (unpaired) electrons. The Bertz CT molecular complexity index is 775. The first-order chi connectivity index (χ1) is 11.6. The van der Waals surface area contributed by atoms with Gasteiger partial charge in [0.05, 0.1) is 14.2 Å². The van der Waals surface area contributed by atoms with Crippen molar-refractivity contribution in [2.24, 2.45) is 5.41 Å². The third-order valence-electron chi connectivity index (χ3n) is 5.04. The van der Waals surface area contributed by atoms with Gasteiger partial charge in [0, 0.05) is 11.0 Å². The first-order valence-electron chi connectivity index (χ1n) is 8.53. The van der Waals surface area contributed by atoms with Crippen LogP contribution in [0.3, 0.4) is 0 Å². The molecule has 0 N–H and O–H groups in total. The van der Waals surface area contributed by atoms with Crippen LogP contribution in [0.4, 0.5) is 0 Å². The van der Waals surface area contributed by atoms with Crippen molar-refractivity contribution in [1.82, 2.24) is 0 Å². The molecule has 0 amide bonds. The van der Waals surface area contributed by atoms with Crippen LogP contribution >= 0.6 is 0 Å². The van der Waals surface area contributed by atoms with Gasteiger partial charge in [0.15, 0.2) is 5.78 Å². The number of carbonyl (C=O) groups is 1. The smallest absolute Gasteiger partial charge is 0.170 e. The van der Waals surface area contributed by atoms with Crippen molar-refractivity contribution < 1.29 is 14.3 Å². The van der Waals surface area contributed by atoms with E-state index in [0.717, 1.165) is 41.9 Å². The second kappa shape index (κ2) is 6.31. The van der Waals surface area contributed by atoms with Crippen molar-refractivity contribution in [1.29, 1.82) is 0 Å². The van der Waals surface area contributed by atoms with Gasteiger partial charge >= 0.3 is 0 Å². The van der Waals surface area contributed by atoms with Gasteiger partial charge in [0.1, 0.15) is 11.5 Å². The monoisotopic (exact) mass is 324 g/mol. The highest BCUT2D eigenvalue weighted by Gasteiger charge is 2.49. The average Bonchev–Trinajstić information content (AvgIpc) is 3.12. The summed E-state index contributed by atoms with van der Waals surface area (Å²) < 4.78 is 10.6. The number of hydrogen-bond donors (Lipinski definition) is 0. The Kier molecular flexibility index (Phi) is 4.35. The number of fused-ring (bicyclic) bond motifs is 2. The van der Waals surface area contributed by atoms with Crippen LogP contribution in [0.15, 0.2) is 36.4 Å². The Morgan fingerprint density at radius 1 is 0.792 bits per heavy atom. The maximum absolute atomic E-state index is 13.0. The number of ketones is 1. The molecule has 3 heteroatoms. The van der Waals surface area contributed by atoms with Crippen LogP contribution in [-0.2, 0) is 19.3 Å². The molecule has 0 saturated carbocycles. The van der Waals surface area contributed by atoms with E-state index >= 15 is 0 Å². The second-order valence-corrected chi connectivity index (χ2v) is 6.30. The molecule has 2 aliphatic carbocycles. The van der Waals surface area contributed by atoms with E-state index in [2.05, 4.69) is 12.1 Å². The Morgan fingerprint density at radius 3 is 2.00 bits per heavy atom. The summed E-state index contributed by atoms with van der Waals surface area (Å²) in [4.78, 5) is 13.0. The highest BCUT2D eigenvalue weighted by molar-refractivity contribution is 6.06. The minimum atomic E-state index is -0.302. The van der Waals surface area contributed by atoms with Crippen molar-refractivity contribution in [3.63, 3.8) is 0 Å². The maximum atomic E-state index is 13.0. The molecule has 0 fully saturated rings. The summed E-state index contributed by atoms with van der Waals surface area (Å²) in [5.41, 5.74) is 4.19. The van der Waals surface area contributed by atoms with E-state index in [0.29, 0.717) is 0 Å². The van der Waals surface area contributed by atoms with Crippen molar-refractivity contribution >= 4 is 5.78 Å². The largest absolute Gasteiger partial charge is 0.497 e. The molecule has 0 heterocycles. The molecular weight excluding hydrogens is 300 g/mol. The molecule has 126 valence electrons. The molecule has 2 aromatic carbocycles. The number of Topliss-reactive ketones (excluding diaryl/α,β-unsaturated/α-hetero) is 1. The molecule has 24 heavy (non-hydrogen) atoms. The lowest BCUT2D eigenvalue weighted by atomic mass is 9.81. The topological polar surface area (TPSA) is 35.5 Å². The molecule has 0 aromatic heterocycles. The summed E-state index contributed by atoms with van der Waals surface area (Å²) in [6.07, 6.45) is 2.42. The van der Waals surface area contributed by atoms with Crippen molar-refractivity contribution in [3.8, 4) is 11.5 Å². The third-order valence-corrected chi connectivity index (χ3v) is 5.04. The zero-order valence-corrected chi connectivity index (χ0v) is 14.8. The number of methoxy groups -OCH3 is 2.